The molecule has 2 unspecified atom stereocenters. The summed E-state index contributed by atoms with van der Waals surface area (Å²) in [7, 11) is 1.78. The van der Waals surface area contributed by atoms with Gasteiger partial charge in [0.1, 0.15) is 0 Å². The van der Waals surface area contributed by atoms with Crippen molar-refractivity contribution in [3.8, 4) is 10.8 Å². The molecule has 1 saturated heterocycles. The van der Waals surface area contributed by atoms with Gasteiger partial charge in [0.05, 0.1) is 18.1 Å². The lowest BCUT2D eigenvalue weighted by Gasteiger charge is -2.38. The third-order valence-electron chi connectivity index (χ3n) is 4.04. The Labute approximate surface area is 128 Å². The second kappa shape index (κ2) is 6.70. The van der Waals surface area contributed by atoms with Crippen molar-refractivity contribution in [2.24, 2.45) is 5.73 Å². The Morgan fingerprint density at radius 2 is 2.48 bits per heavy atom. The molecule has 2 aromatic heterocycles. The fourth-order valence-electron chi connectivity index (χ4n) is 2.83. The molecule has 1 fully saturated rings. The maximum Gasteiger partial charge on any atom is 0.162 e. The fraction of sp³-hybridized carbons (Fsp3) is 0.533. The summed E-state index contributed by atoms with van der Waals surface area (Å²) in [6.45, 7) is 2.51. The molecule has 0 amide bonds. The van der Waals surface area contributed by atoms with Crippen LogP contribution in [0.1, 0.15) is 18.5 Å². The highest BCUT2D eigenvalue weighted by molar-refractivity contribution is 7.13. The van der Waals surface area contributed by atoms with Crippen LogP contribution in [0.15, 0.2) is 28.2 Å². The smallest absolute Gasteiger partial charge is 0.162 e. The van der Waals surface area contributed by atoms with E-state index in [9.17, 15) is 0 Å². The molecule has 6 heteroatoms. The standard InChI is InChI=1S/C15H21N3O2S/c1-19-13-4-5-18(12(7-13)8-16)9-11-10-21-15(17-11)14-3-2-6-20-14/h2-3,6,10,12-13H,4-5,7-9,16H2,1H3. The number of hydrogen-bond donors (Lipinski definition) is 1. The van der Waals surface area contributed by atoms with Crippen LogP contribution < -0.4 is 5.73 Å². The predicted octanol–water partition coefficient (Wildman–Crippen LogP) is 2.34. The summed E-state index contributed by atoms with van der Waals surface area (Å²) in [6, 6.07) is 4.20. The first-order chi connectivity index (χ1) is 10.3. The Bertz CT molecular complexity index is 555. The fourth-order valence-corrected chi connectivity index (χ4v) is 3.61. The maximum absolute atomic E-state index is 5.92. The molecule has 0 aromatic carbocycles. The van der Waals surface area contributed by atoms with Crippen LogP contribution in [0.25, 0.3) is 10.8 Å². The summed E-state index contributed by atoms with van der Waals surface area (Å²) in [6.07, 6.45) is 4.07. The van der Waals surface area contributed by atoms with Gasteiger partial charge in [-0.25, -0.2) is 4.98 Å². The van der Waals surface area contributed by atoms with Crippen LogP contribution in [0, 0.1) is 0 Å². The number of rotatable bonds is 5. The minimum Gasteiger partial charge on any atom is -0.462 e. The first-order valence-electron chi connectivity index (χ1n) is 7.25. The maximum atomic E-state index is 5.92. The first-order valence-corrected chi connectivity index (χ1v) is 8.13. The second-order valence-electron chi connectivity index (χ2n) is 5.36. The number of likely N-dealkylation sites (tertiary alicyclic amines) is 1. The SMILES string of the molecule is COC1CCN(Cc2csc(-c3ccco3)n2)C(CN)C1. The van der Waals surface area contributed by atoms with E-state index in [1.807, 2.05) is 12.1 Å². The highest BCUT2D eigenvalue weighted by Gasteiger charge is 2.28. The van der Waals surface area contributed by atoms with Crippen molar-refractivity contribution in [2.45, 2.75) is 31.5 Å². The zero-order valence-electron chi connectivity index (χ0n) is 12.2. The Hall–Kier alpha value is -1.21. The lowest BCUT2D eigenvalue weighted by Crippen LogP contribution is -2.48. The summed E-state index contributed by atoms with van der Waals surface area (Å²) in [5.41, 5.74) is 7.00. The Kier molecular flexibility index (Phi) is 4.70. The monoisotopic (exact) mass is 307 g/mol. The van der Waals surface area contributed by atoms with Gasteiger partial charge < -0.3 is 14.9 Å². The van der Waals surface area contributed by atoms with Crippen molar-refractivity contribution in [2.75, 3.05) is 20.2 Å². The second-order valence-corrected chi connectivity index (χ2v) is 6.22. The molecule has 0 saturated carbocycles. The van der Waals surface area contributed by atoms with Gasteiger partial charge in [0, 0.05) is 38.2 Å². The molecule has 3 heterocycles. The van der Waals surface area contributed by atoms with Crippen molar-refractivity contribution in [1.82, 2.24) is 9.88 Å². The normalized spacial score (nSPS) is 23.5. The van der Waals surface area contributed by atoms with Crippen LogP contribution in [0.3, 0.4) is 0 Å². The molecule has 3 rings (SSSR count). The van der Waals surface area contributed by atoms with Crippen LogP contribution in [0.2, 0.25) is 0 Å². The number of ether oxygens (including phenoxy) is 1. The van der Waals surface area contributed by atoms with Gasteiger partial charge in [-0.15, -0.1) is 11.3 Å². The molecule has 0 radical (unpaired) electrons. The van der Waals surface area contributed by atoms with Gasteiger partial charge in [-0.1, -0.05) is 0 Å². The summed E-state index contributed by atoms with van der Waals surface area (Å²) < 4.78 is 10.9. The van der Waals surface area contributed by atoms with Gasteiger partial charge >= 0.3 is 0 Å². The zero-order valence-corrected chi connectivity index (χ0v) is 13.0. The highest BCUT2D eigenvalue weighted by Crippen LogP contribution is 2.26. The number of nitrogens with two attached hydrogens (primary N) is 1. The van der Waals surface area contributed by atoms with Crippen molar-refractivity contribution in [1.29, 1.82) is 0 Å². The van der Waals surface area contributed by atoms with Crippen LogP contribution in [-0.4, -0.2) is 42.2 Å². The molecular weight excluding hydrogens is 286 g/mol. The molecule has 0 spiro atoms. The number of methoxy groups -OCH3 is 1. The van der Waals surface area contributed by atoms with E-state index in [-0.39, 0.29) is 0 Å². The van der Waals surface area contributed by atoms with Crippen molar-refractivity contribution < 1.29 is 9.15 Å². The number of thiazole rings is 1. The van der Waals surface area contributed by atoms with Gasteiger partial charge in [0.15, 0.2) is 10.8 Å². The van der Waals surface area contributed by atoms with E-state index in [4.69, 9.17) is 14.9 Å². The van der Waals surface area contributed by atoms with E-state index in [0.29, 0.717) is 18.7 Å². The third kappa shape index (κ3) is 3.35. The number of nitrogens with zero attached hydrogens (tertiary/aromatic N) is 2. The van der Waals surface area contributed by atoms with Gasteiger partial charge in [0.2, 0.25) is 0 Å². The van der Waals surface area contributed by atoms with E-state index < -0.39 is 0 Å². The predicted molar refractivity (Wildman–Crippen MR) is 83.1 cm³/mol. The van der Waals surface area contributed by atoms with Gasteiger partial charge in [-0.3, -0.25) is 4.90 Å². The minimum absolute atomic E-state index is 0.337. The highest BCUT2D eigenvalue weighted by atomic mass is 32.1. The first kappa shape index (κ1) is 14.7. The van der Waals surface area contributed by atoms with E-state index in [1.165, 1.54) is 0 Å². The molecule has 21 heavy (non-hydrogen) atoms. The number of aromatic nitrogens is 1. The largest absolute Gasteiger partial charge is 0.462 e. The van der Waals surface area contributed by atoms with Crippen molar-refractivity contribution >= 4 is 11.3 Å². The molecule has 0 aliphatic carbocycles. The van der Waals surface area contributed by atoms with E-state index >= 15 is 0 Å². The van der Waals surface area contributed by atoms with E-state index in [0.717, 1.165) is 42.4 Å². The molecular formula is C15H21N3O2S. The molecule has 2 aromatic rings. The van der Waals surface area contributed by atoms with Crippen molar-refractivity contribution in [3.05, 3.63) is 29.5 Å². The average molecular weight is 307 g/mol. The van der Waals surface area contributed by atoms with Gasteiger partial charge in [0.25, 0.3) is 0 Å². The topological polar surface area (TPSA) is 64.5 Å². The van der Waals surface area contributed by atoms with Crippen LogP contribution in [-0.2, 0) is 11.3 Å². The Balaban J connectivity index is 1.66. The Morgan fingerprint density at radius 1 is 1.57 bits per heavy atom. The average Bonchev–Trinajstić information content (AvgIpc) is 3.18. The van der Waals surface area contributed by atoms with Crippen molar-refractivity contribution in [3.63, 3.8) is 0 Å². The molecule has 5 nitrogen and oxygen atoms in total. The molecule has 0 bridgehead atoms. The van der Waals surface area contributed by atoms with Crippen LogP contribution >= 0.6 is 11.3 Å². The Morgan fingerprint density at radius 3 is 3.19 bits per heavy atom. The molecule has 2 atom stereocenters. The summed E-state index contributed by atoms with van der Waals surface area (Å²) >= 11 is 1.62. The number of piperidine rings is 1. The minimum atomic E-state index is 0.337. The van der Waals surface area contributed by atoms with Crippen LogP contribution in [0.5, 0.6) is 0 Å². The van der Waals surface area contributed by atoms with E-state index in [1.54, 1.807) is 24.7 Å². The number of furan rings is 1. The summed E-state index contributed by atoms with van der Waals surface area (Å²) in [5, 5.41) is 3.04. The van der Waals surface area contributed by atoms with Crippen LogP contribution in [0.4, 0.5) is 0 Å². The van der Waals surface area contributed by atoms with Gasteiger partial charge in [-0.2, -0.15) is 0 Å². The summed E-state index contributed by atoms with van der Waals surface area (Å²) in [4.78, 5) is 7.08. The lowest BCUT2D eigenvalue weighted by atomic mass is 9.99. The third-order valence-corrected chi connectivity index (χ3v) is 4.95. The van der Waals surface area contributed by atoms with Gasteiger partial charge in [-0.05, 0) is 25.0 Å². The summed E-state index contributed by atoms with van der Waals surface area (Å²) in [5.74, 6) is 0.833. The molecule has 2 N–H and O–H groups in total. The zero-order chi connectivity index (χ0) is 14.7. The molecule has 1 aliphatic rings. The van der Waals surface area contributed by atoms with E-state index in [2.05, 4.69) is 15.3 Å². The lowest BCUT2D eigenvalue weighted by molar-refractivity contribution is 0.00985. The quantitative estimate of drug-likeness (QED) is 0.918. The molecule has 114 valence electrons. The molecule has 1 aliphatic heterocycles. The number of hydrogen-bond acceptors (Lipinski definition) is 6.